The van der Waals surface area contributed by atoms with E-state index in [0.717, 1.165) is 41.8 Å². The fourth-order valence-corrected chi connectivity index (χ4v) is 6.56. The monoisotopic (exact) mass is 619 g/mol. The summed E-state index contributed by atoms with van der Waals surface area (Å²) < 4.78 is 1.91. The molecule has 0 radical (unpaired) electrons. The SMILES string of the molecule is O=C(Nc1cccc(SCC(=O)n2c3c(c4ccccc42)CCCC3)c1)/C(=C/c1cccc(Cl)c1)NC(=O)c1ccccc1. The van der Waals surface area contributed by atoms with Crippen molar-refractivity contribution in [3.8, 4) is 0 Å². The predicted molar refractivity (Wildman–Crippen MR) is 178 cm³/mol. The molecule has 1 aliphatic rings. The van der Waals surface area contributed by atoms with E-state index in [2.05, 4.69) is 16.7 Å². The molecular weight excluding hydrogens is 590 g/mol. The van der Waals surface area contributed by atoms with Crippen LogP contribution in [0.25, 0.3) is 17.0 Å². The summed E-state index contributed by atoms with van der Waals surface area (Å²) in [5.74, 6) is -0.594. The van der Waals surface area contributed by atoms with Crippen molar-refractivity contribution in [2.45, 2.75) is 30.6 Å². The van der Waals surface area contributed by atoms with Crippen LogP contribution in [-0.2, 0) is 17.6 Å². The smallest absolute Gasteiger partial charge is 0.272 e. The van der Waals surface area contributed by atoms with Crippen molar-refractivity contribution in [1.29, 1.82) is 0 Å². The maximum absolute atomic E-state index is 13.5. The number of amides is 2. The second kappa shape index (κ2) is 13.4. The highest BCUT2D eigenvalue weighted by atomic mass is 35.5. The number of halogens is 1. The summed E-state index contributed by atoms with van der Waals surface area (Å²) in [5, 5.41) is 7.33. The number of para-hydroxylation sites is 1. The standard InChI is InChI=1S/C36H30ClN3O3S/c37-26-13-8-10-24(20-26)21-31(39-35(42)25-11-2-1-3-12-25)36(43)38-27-14-9-15-28(22-27)44-23-34(41)40-32-18-6-4-16-29(32)30-17-5-7-19-33(30)40/h1-4,6,8-16,18,20-22H,5,7,17,19,23H2,(H,38,43)(H,39,42)/b31-21-. The minimum Gasteiger partial charge on any atom is -0.321 e. The van der Waals surface area contributed by atoms with Gasteiger partial charge in [0, 0.05) is 32.2 Å². The molecule has 0 saturated carbocycles. The topological polar surface area (TPSA) is 80.2 Å². The molecule has 0 bridgehead atoms. The average Bonchev–Trinajstić information content (AvgIpc) is 3.38. The molecule has 0 unspecified atom stereocenters. The Labute approximate surface area is 265 Å². The maximum atomic E-state index is 13.5. The molecule has 0 saturated heterocycles. The van der Waals surface area contributed by atoms with Crippen molar-refractivity contribution < 1.29 is 14.4 Å². The van der Waals surface area contributed by atoms with Crippen LogP contribution >= 0.6 is 23.4 Å². The van der Waals surface area contributed by atoms with Crippen LogP contribution in [0.5, 0.6) is 0 Å². The Morgan fingerprint density at radius 3 is 2.45 bits per heavy atom. The third-order valence-corrected chi connectivity index (χ3v) is 8.78. The summed E-state index contributed by atoms with van der Waals surface area (Å²) >= 11 is 7.59. The molecule has 220 valence electrons. The summed E-state index contributed by atoms with van der Waals surface area (Å²) in [5.41, 5.74) is 5.12. The second-order valence-corrected chi connectivity index (χ2v) is 12.1. The van der Waals surface area contributed by atoms with E-state index in [9.17, 15) is 14.4 Å². The van der Waals surface area contributed by atoms with Gasteiger partial charge < -0.3 is 10.6 Å². The zero-order valence-corrected chi connectivity index (χ0v) is 25.5. The fourth-order valence-electron chi connectivity index (χ4n) is 5.56. The van der Waals surface area contributed by atoms with E-state index >= 15 is 0 Å². The number of carbonyl (C=O) groups is 3. The molecule has 5 aromatic rings. The van der Waals surface area contributed by atoms with E-state index in [1.165, 1.54) is 22.7 Å². The number of hydrogen-bond donors (Lipinski definition) is 2. The maximum Gasteiger partial charge on any atom is 0.272 e. The van der Waals surface area contributed by atoms with Crippen molar-refractivity contribution in [2.75, 3.05) is 11.1 Å². The average molecular weight is 620 g/mol. The van der Waals surface area contributed by atoms with Crippen LogP contribution < -0.4 is 10.6 Å². The number of hydrogen-bond acceptors (Lipinski definition) is 4. The molecule has 6 nitrogen and oxygen atoms in total. The van der Waals surface area contributed by atoms with Crippen LogP contribution in [0.2, 0.25) is 5.02 Å². The van der Waals surface area contributed by atoms with Gasteiger partial charge >= 0.3 is 0 Å². The molecule has 44 heavy (non-hydrogen) atoms. The van der Waals surface area contributed by atoms with Gasteiger partial charge in [0.1, 0.15) is 5.70 Å². The van der Waals surface area contributed by atoms with Crippen molar-refractivity contribution >= 4 is 63.8 Å². The van der Waals surface area contributed by atoms with Gasteiger partial charge in [-0.05, 0) is 91.4 Å². The molecule has 0 atom stereocenters. The molecule has 6 rings (SSSR count). The van der Waals surface area contributed by atoms with E-state index in [1.807, 2.05) is 47.0 Å². The molecule has 0 spiro atoms. The normalized spacial score (nSPS) is 12.9. The first-order chi connectivity index (χ1) is 21.5. The minimum absolute atomic E-state index is 0.0409. The highest BCUT2D eigenvalue weighted by molar-refractivity contribution is 8.00. The molecule has 1 aliphatic carbocycles. The predicted octanol–water partition coefficient (Wildman–Crippen LogP) is 8.02. The first-order valence-electron chi connectivity index (χ1n) is 14.5. The Bertz CT molecular complexity index is 1900. The molecule has 1 heterocycles. The molecule has 4 aromatic carbocycles. The van der Waals surface area contributed by atoms with E-state index in [0.29, 0.717) is 21.8 Å². The molecule has 8 heteroatoms. The van der Waals surface area contributed by atoms with Gasteiger partial charge in [0.15, 0.2) is 0 Å². The largest absolute Gasteiger partial charge is 0.321 e. The number of thioether (sulfide) groups is 1. The third kappa shape index (κ3) is 6.64. The zero-order valence-electron chi connectivity index (χ0n) is 23.9. The van der Waals surface area contributed by atoms with E-state index in [4.69, 9.17) is 11.6 Å². The van der Waals surface area contributed by atoms with Crippen LogP contribution in [0.4, 0.5) is 5.69 Å². The van der Waals surface area contributed by atoms with Gasteiger partial charge in [-0.1, -0.05) is 66.2 Å². The summed E-state index contributed by atoms with van der Waals surface area (Å²) in [6.45, 7) is 0. The van der Waals surface area contributed by atoms with Crippen LogP contribution in [0.3, 0.4) is 0 Å². The zero-order chi connectivity index (χ0) is 30.5. The first-order valence-corrected chi connectivity index (χ1v) is 15.8. The van der Waals surface area contributed by atoms with Gasteiger partial charge in [0.05, 0.1) is 11.3 Å². The Kier molecular flexibility index (Phi) is 8.96. The third-order valence-electron chi connectivity index (χ3n) is 7.57. The Morgan fingerprint density at radius 1 is 0.841 bits per heavy atom. The number of anilines is 1. The number of nitrogens with zero attached hydrogens (tertiary/aromatic N) is 1. The van der Waals surface area contributed by atoms with Crippen LogP contribution in [0.1, 0.15) is 44.8 Å². The molecular formula is C36H30ClN3O3S. The van der Waals surface area contributed by atoms with Gasteiger partial charge in [0.25, 0.3) is 11.8 Å². The number of fused-ring (bicyclic) bond motifs is 3. The van der Waals surface area contributed by atoms with Gasteiger partial charge in [-0.2, -0.15) is 0 Å². The summed E-state index contributed by atoms with van der Waals surface area (Å²) in [7, 11) is 0. The van der Waals surface area contributed by atoms with Crippen molar-refractivity contribution in [3.63, 3.8) is 0 Å². The van der Waals surface area contributed by atoms with E-state index in [-0.39, 0.29) is 17.4 Å². The Hall–Kier alpha value is -4.59. The molecule has 2 N–H and O–H groups in total. The van der Waals surface area contributed by atoms with Crippen molar-refractivity contribution in [3.05, 3.63) is 136 Å². The Balaban J connectivity index is 1.19. The van der Waals surface area contributed by atoms with Gasteiger partial charge in [0.2, 0.25) is 5.91 Å². The molecule has 0 fully saturated rings. The number of rotatable bonds is 8. The fraction of sp³-hybridized carbons (Fsp3) is 0.139. The summed E-state index contributed by atoms with van der Waals surface area (Å²) in [6, 6.07) is 31.2. The number of benzene rings is 4. The van der Waals surface area contributed by atoms with Gasteiger partial charge in [-0.15, -0.1) is 11.8 Å². The molecule has 0 aliphatic heterocycles. The minimum atomic E-state index is -0.488. The molecule has 2 amide bonds. The first kappa shape index (κ1) is 29.5. The highest BCUT2D eigenvalue weighted by Crippen LogP contribution is 2.33. The number of aryl methyl sites for hydroxylation is 1. The van der Waals surface area contributed by atoms with Gasteiger partial charge in [-0.25, -0.2) is 0 Å². The second-order valence-electron chi connectivity index (χ2n) is 10.6. The van der Waals surface area contributed by atoms with Crippen molar-refractivity contribution in [1.82, 2.24) is 9.88 Å². The highest BCUT2D eigenvalue weighted by Gasteiger charge is 2.23. The number of aromatic nitrogens is 1. The van der Waals surface area contributed by atoms with E-state index < -0.39 is 11.8 Å². The summed E-state index contributed by atoms with van der Waals surface area (Å²) in [6.07, 6.45) is 5.74. The lowest BCUT2D eigenvalue weighted by Crippen LogP contribution is -2.30. The van der Waals surface area contributed by atoms with Crippen LogP contribution in [-0.4, -0.2) is 28.0 Å². The van der Waals surface area contributed by atoms with Crippen LogP contribution in [0, 0.1) is 0 Å². The summed E-state index contributed by atoms with van der Waals surface area (Å²) in [4.78, 5) is 40.8. The quantitative estimate of drug-likeness (QED) is 0.136. The lowest BCUT2D eigenvalue weighted by molar-refractivity contribution is -0.113. The van der Waals surface area contributed by atoms with Crippen LogP contribution in [0.15, 0.2) is 114 Å². The van der Waals surface area contributed by atoms with Crippen molar-refractivity contribution in [2.24, 2.45) is 0 Å². The lowest BCUT2D eigenvalue weighted by atomic mass is 9.96. The number of carbonyl (C=O) groups excluding carboxylic acids is 3. The molecule has 1 aromatic heterocycles. The Morgan fingerprint density at radius 2 is 1.61 bits per heavy atom. The van der Waals surface area contributed by atoms with E-state index in [1.54, 1.807) is 60.7 Å². The lowest BCUT2D eigenvalue weighted by Gasteiger charge is -2.15. The number of nitrogens with one attached hydrogen (secondary N) is 2. The van der Waals surface area contributed by atoms with Gasteiger partial charge in [-0.3, -0.25) is 19.0 Å².